The molecule has 1 saturated heterocycles. The van der Waals surface area contributed by atoms with Crippen molar-refractivity contribution in [2.45, 2.75) is 6.04 Å². The lowest BCUT2D eigenvalue weighted by molar-refractivity contribution is 0.0180. The van der Waals surface area contributed by atoms with E-state index in [1.807, 2.05) is 42.5 Å². The van der Waals surface area contributed by atoms with Gasteiger partial charge < -0.3 is 14.6 Å². The quantitative estimate of drug-likeness (QED) is 0.645. The van der Waals surface area contributed by atoms with Gasteiger partial charge in [-0.25, -0.2) is 0 Å². The summed E-state index contributed by atoms with van der Waals surface area (Å²) >= 11 is 0. The molecular weight excluding hydrogens is 364 g/mol. The van der Waals surface area contributed by atoms with Gasteiger partial charge in [0.1, 0.15) is 11.5 Å². The molecule has 3 aromatic rings. The summed E-state index contributed by atoms with van der Waals surface area (Å²) in [4.78, 5) is 7.16. The van der Waals surface area contributed by atoms with Gasteiger partial charge in [-0.2, -0.15) is 0 Å². The van der Waals surface area contributed by atoms with Crippen LogP contribution in [0.1, 0.15) is 17.2 Å². The molecule has 4 rings (SSSR count). The molecule has 0 spiro atoms. The van der Waals surface area contributed by atoms with Crippen LogP contribution < -0.4 is 4.74 Å². The third kappa shape index (κ3) is 4.42. The highest BCUT2D eigenvalue weighted by molar-refractivity contribution is 6.02. The average molecular weight is 390 g/mol. The van der Waals surface area contributed by atoms with Crippen molar-refractivity contribution in [1.29, 1.82) is 0 Å². The monoisotopic (exact) mass is 390 g/mol. The molecule has 5 nitrogen and oxygen atoms in total. The van der Waals surface area contributed by atoms with Crippen molar-refractivity contribution in [3.63, 3.8) is 0 Å². The Bertz CT molecular complexity index is 979. The predicted octanol–water partition coefficient (Wildman–Crippen LogP) is 4.05. The van der Waals surface area contributed by atoms with Crippen molar-refractivity contribution in [3.8, 4) is 11.5 Å². The van der Waals surface area contributed by atoms with Crippen molar-refractivity contribution >= 4 is 17.0 Å². The second-order valence-electron chi connectivity index (χ2n) is 7.15. The number of phenols is 1. The Morgan fingerprint density at radius 3 is 2.59 bits per heavy atom. The molecular formula is C24H26N2O3. The molecule has 1 fully saturated rings. The van der Waals surface area contributed by atoms with Crippen molar-refractivity contribution in [2.24, 2.45) is 4.99 Å². The molecule has 1 unspecified atom stereocenters. The molecule has 5 heteroatoms. The molecule has 150 valence electrons. The fraction of sp³-hybridized carbons (Fsp3) is 0.292. The number of rotatable bonds is 6. The molecule has 3 aromatic carbocycles. The van der Waals surface area contributed by atoms with Crippen LogP contribution in [0.2, 0.25) is 0 Å². The normalized spacial score (nSPS) is 16.3. The van der Waals surface area contributed by atoms with Gasteiger partial charge in [0.25, 0.3) is 0 Å². The zero-order valence-electron chi connectivity index (χ0n) is 16.6. The van der Waals surface area contributed by atoms with Gasteiger partial charge in [0.15, 0.2) is 0 Å². The van der Waals surface area contributed by atoms with Crippen molar-refractivity contribution < 1.29 is 14.6 Å². The summed E-state index contributed by atoms with van der Waals surface area (Å²) in [6.07, 6.45) is 1.80. The van der Waals surface area contributed by atoms with E-state index in [-0.39, 0.29) is 11.8 Å². The van der Waals surface area contributed by atoms with E-state index >= 15 is 0 Å². The van der Waals surface area contributed by atoms with Gasteiger partial charge >= 0.3 is 0 Å². The van der Waals surface area contributed by atoms with Gasteiger partial charge in [-0.3, -0.25) is 9.89 Å². The van der Waals surface area contributed by atoms with E-state index in [1.165, 1.54) is 5.56 Å². The van der Waals surface area contributed by atoms with Gasteiger partial charge in [-0.15, -0.1) is 0 Å². The number of benzene rings is 3. The number of fused-ring (bicyclic) bond motifs is 1. The molecule has 1 heterocycles. The third-order valence-corrected chi connectivity index (χ3v) is 5.43. The lowest BCUT2D eigenvalue weighted by atomic mass is 10.0. The summed E-state index contributed by atoms with van der Waals surface area (Å²) in [6.45, 7) is 3.84. The van der Waals surface area contributed by atoms with E-state index in [0.29, 0.717) is 6.54 Å². The molecule has 0 saturated carbocycles. The van der Waals surface area contributed by atoms with E-state index in [9.17, 15) is 5.11 Å². The van der Waals surface area contributed by atoms with E-state index in [4.69, 9.17) is 14.5 Å². The number of ether oxygens (including phenoxy) is 2. The highest BCUT2D eigenvalue weighted by atomic mass is 16.5. The fourth-order valence-electron chi connectivity index (χ4n) is 3.81. The second-order valence-corrected chi connectivity index (χ2v) is 7.15. The minimum absolute atomic E-state index is 0.151. The zero-order valence-corrected chi connectivity index (χ0v) is 16.6. The number of aromatic hydroxyl groups is 1. The largest absolute Gasteiger partial charge is 0.507 e. The highest BCUT2D eigenvalue weighted by Gasteiger charge is 2.22. The van der Waals surface area contributed by atoms with E-state index in [2.05, 4.69) is 17.0 Å². The number of aliphatic imine (C=N–C) groups is 1. The van der Waals surface area contributed by atoms with Crippen molar-refractivity contribution in [2.75, 3.05) is 40.0 Å². The van der Waals surface area contributed by atoms with E-state index < -0.39 is 0 Å². The van der Waals surface area contributed by atoms with Crippen LogP contribution in [-0.2, 0) is 4.74 Å². The fourth-order valence-corrected chi connectivity index (χ4v) is 3.81. The molecule has 1 atom stereocenters. The Morgan fingerprint density at radius 2 is 1.83 bits per heavy atom. The van der Waals surface area contributed by atoms with Crippen LogP contribution in [0.4, 0.5) is 0 Å². The van der Waals surface area contributed by atoms with Crippen LogP contribution in [0.5, 0.6) is 11.5 Å². The highest BCUT2D eigenvalue weighted by Crippen LogP contribution is 2.27. The summed E-state index contributed by atoms with van der Waals surface area (Å²) in [5.74, 6) is 1.10. The smallest absolute Gasteiger partial charge is 0.124 e. The maximum atomic E-state index is 10.4. The first-order chi connectivity index (χ1) is 14.3. The minimum atomic E-state index is 0.151. The number of phenolic OH excluding ortho intramolecular Hbond substituents is 1. The molecule has 1 aliphatic rings. The lowest BCUT2D eigenvalue weighted by Crippen LogP contribution is -2.40. The Kier molecular flexibility index (Phi) is 6.08. The molecule has 1 N–H and O–H groups in total. The first kappa shape index (κ1) is 19.4. The average Bonchev–Trinajstić information content (AvgIpc) is 2.79. The Hall–Kier alpha value is -2.89. The zero-order chi connectivity index (χ0) is 20.1. The van der Waals surface area contributed by atoms with Gasteiger partial charge in [-0.1, -0.05) is 42.5 Å². The molecule has 0 aliphatic carbocycles. The summed E-state index contributed by atoms with van der Waals surface area (Å²) in [5.41, 5.74) is 1.96. The van der Waals surface area contributed by atoms with Crippen LogP contribution in [-0.4, -0.2) is 56.2 Å². The van der Waals surface area contributed by atoms with Crippen LogP contribution in [0.3, 0.4) is 0 Å². The maximum absolute atomic E-state index is 10.4. The first-order valence-electron chi connectivity index (χ1n) is 9.92. The van der Waals surface area contributed by atoms with Crippen molar-refractivity contribution in [3.05, 3.63) is 71.8 Å². The number of hydrogen-bond donors (Lipinski definition) is 1. The molecule has 29 heavy (non-hydrogen) atoms. The number of morpholine rings is 1. The standard InChI is InChI=1S/C24H26N2O3/c1-28-20-9-6-19(7-10-20)23(26-12-14-29-15-13-26)17-25-16-22-21-5-3-2-4-18(21)8-11-24(22)27/h2-11,16,23,27H,12-15,17H2,1H3. The van der Waals surface area contributed by atoms with Crippen LogP contribution >= 0.6 is 0 Å². The van der Waals surface area contributed by atoms with Crippen molar-refractivity contribution in [1.82, 2.24) is 4.90 Å². The van der Waals surface area contributed by atoms with Crippen LogP contribution in [0.25, 0.3) is 10.8 Å². The maximum Gasteiger partial charge on any atom is 0.124 e. The number of methoxy groups -OCH3 is 1. The molecule has 0 aromatic heterocycles. The summed E-state index contributed by atoms with van der Waals surface area (Å²) in [6, 6.07) is 20.0. The summed E-state index contributed by atoms with van der Waals surface area (Å²) in [5, 5.41) is 12.5. The number of hydrogen-bond acceptors (Lipinski definition) is 5. The van der Waals surface area contributed by atoms with E-state index in [1.54, 1.807) is 19.4 Å². The lowest BCUT2D eigenvalue weighted by Gasteiger charge is -2.34. The topological polar surface area (TPSA) is 54.3 Å². The molecule has 1 aliphatic heterocycles. The summed E-state index contributed by atoms with van der Waals surface area (Å²) in [7, 11) is 1.68. The molecule has 0 amide bonds. The Morgan fingerprint density at radius 1 is 1.07 bits per heavy atom. The SMILES string of the molecule is COc1ccc(C(CN=Cc2c(O)ccc3ccccc23)N2CCOCC2)cc1. The van der Waals surface area contributed by atoms with Gasteiger partial charge in [0.2, 0.25) is 0 Å². The Labute approximate surface area is 171 Å². The van der Waals surface area contributed by atoms with Gasteiger partial charge in [-0.05, 0) is 34.5 Å². The number of nitrogens with zero attached hydrogens (tertiary/aromatic N) is 2. The molecule has 0 radical (unpaired) electrons. The van der Waals surface area contributed by atoms with Crippen LogP contribution in [0.15, 0.2) is 65.7 Å². The van der Waals surface area contributed by atoms with Gasteiger partial charge in [0, 0.05) is 24.9 Å². The van der Waals surface area contributed by atoms with Crippen LogP contribution in [0, 0.1) is 0 Å². The second kappa shape index (κ2) is 9.07. The van der Waals surface area contributed by atoms with E-state index in [0.717, 1.165) is 48.4 Å². The third-order valence-electron chi connectivity index (χ3n) is 5.43. The predicted molar refractivity (Wildman–Crippen MR) is 116 cm³/mol. The summed E-state index contributed by atoms with van der Waals surface area (Å²) < 4.78 is 10.8. The van der Waals surface area contributed by atoms with Gasteiger partial charge in [0.05, 0.1) is 32.9 Å². The first-order valence-corrected chi connectivity index (χ1v) is 9.92. The Balaban J connectivity index is 1.60. The minimum Gasteiger partial charge on any atom is -0.507 e. The molecule has 0 bridgehead atoms.